The van der Waals surface area contributed by atoms with Crippen LogP contribution in [-0.4, -0.2) is 23.5 Å². The van der Waals surface area contributed by atoms with E-state index >= 15 is 0 Å². The quantitative estimate of drug-likeness (QED) is 0.401. The van der Waals surface area contributed by atoms with Crippen LogP contribution in [0.25, 0.3) is 10.2 Å². The molecule has 0 aliphatic rings. The van der Waals surface area contributed by atoms with E-state index in [2.05, 4.69) is 10.3 Å². The molecule has 0 aliphatic carbocycles. The molecular formula is C19H16Cl2N2O3S. The Bertz CT molecular complexity index is 1000. The van der Waals surface area contributed by atoms with Gasteiger partial charge >= 0.3 is 5.97 Å². The first-order chi connectivity index (χ1) is 13.0. The van der Waals surface area contributed by atoms with Crippen molar-refractivity contribution in [3.63, 3.8) is 0 Å². The third-order valence-corrected chi connectivity index (χ3v) is 5.52. The van der Waals surface area contributed by atoms with Crippen LogP contribution < -0.4 is 5.32 Å². The number of hydrogen-bond donors (Lipinski definition) is 1. The molecule has 0 saturated heterocycles. The maximum absolute atomic E-state index is 12.4. The van der Waals surface area contributed by atoms with Gasteiger partial charge < -0.3 is 4.74 Å². The highest BCUT2D eigenvalue weighted by Crippen LogP contribution is 2.29. The second-order valence-corrected chi connectivity index (χ2v) is 7.56. The van der Waals surface area contributed by atoms with Gasteiger partial charge in [-0.3, -0.25) is 10.1 Å². The molecule has 1 heterocycles. The second kappa shape index (κ2) is 8.69. The summed E-state index contributed by atoms with van der Waals surface area (Å²) in [7, 11) is 0. The summed E-state index contributed by atoms with van der Waals surface area (Å²) in [5.41, 5.74) is 1.40. The maximum Gasteiger partial charge on any atom is 0.338 e. The van der Waals surface area contributed by atoms with E-state index in [1.165, 1.54) is 11.3 Å². The zero-order valence-electron chi connectivity index (χ0n) is 14.4. The Morgan fingerprint density at radius 1 is 1.22 bits per heavy atom. The van der Waals surface area contributed by atoms with Crippen molar-refractivity contribution in [3.05, 3.63) is 57.6 Å². The van der Waals surface area contributed by atoms with Gasteiger partial charge in [0.2, 0.25) is 0 Å². The molecule has 0 saturated carbocycles. The zero-order valence-corrected chi connectivity index (χ0v) is 16.7. The average molecular weight is 423 g/mol. The number of benzene rings is 2. The number of unbranched alkanes of at least 4 members (excludes halogenated alkanes) is 1. The van der Waals surface area contributed by atoms with Crippen molar-refractivity contribution in [2.24, 2.45) is 0 Å². The van der Waals surface area contributed by atoms with E-state index < -0.39 is 5.91 Å². The van der Waals surface area contributed by atoms with Gasteiger partial charge in [-0.2, -0.15) is 0 Å². The van der Waals surface area contributed by atoms with E-state index in [0.717, 1.165) is 17.5 Å². The van der Waals surface area contributed by atoms with E-state index in [4.69, 9.17) is 27.9 Å². The van der Waals surface area contributed by atoms with Crippen LogP contribution in [-0.2, 0) is 4.74 Å². The number of carbonyl (C=O) groups is 2. The molecule has 27 heavy (non-hydrogen) atoms. The van der Waals surface area contributed by atoms with Crippen LogP contribution in [0, 0.1) is 0 Å². The second-order valence-electron chi connectivity index (χ2n) is 5.75. The molecule has 0 radical (unpaired) electrons. The predicted molar refractivity (Wildman–Crippen MR) is 109 cm³/mol. The molecule has 1 aromatic heterocycles. The van der Waals surface area contributed by atoms with Gasteiger partial charge in [-0.1, -0.05) is 53.9 Å². The van der Waals surface area contributed by atoms with Crippen molar-refractivity contribution >= 4 is 61.8 Å². The fourth-order valence-electron chi connectivity index (χ4n) is 2.34. The first-order valence-corrected chi connectivity index (χ1v) is 9.90. The maximum atomic E-state index is 12.4. The van der Waals surface area contributed by atoms with Gasteiger partial charge in [-0.05, 0) is 36.8 Å². The number of anilines is 1. The monoisotopic (exact) mass is 422 g/mol. The lowest BCUT2D eigenvalue weighted by Crippen LogP contribution is -2.12. The minimum Gasteiger partial charge on any atom is -0.462 e. The molecule has 0 atom stereocenters. The van der Waals surface area contributed by atoms with E-state index in [0.29, 0.717) is 27.8 Å². The number of ether oxygens (including phenoxy) is 1. The lowest BCUT2D eigenvalue weighted by molar-refractivity contribution is 0.0500. The fraction of sp³-hybridized carbons (Fsp3) is 0.211. The number of carbonyl (C=O) groups excluding carboxylic acids is 2. The van der Waals surface area contributed by atoms with Crippen molar-refractivity contribution in [2.45, 2.75) is 19.8 Å². The van der Waals surface area contributed by atoms with Gasteiger partial charge in [-0.25, -0.2) is 9.78 Å². The molecule has 140 valence electrons. The molecule has 3 rings (SSSR count). The zero-order chi connectivity index (χ0) is 19.4. The molecule has 8 heteroatoms. The van der Waals surface area contributed by atoms with Crippen molar-refractivity contribution in [1.82, 2.24) is 4.98 Å². The lowest BCUT2D eigenvalue weighted by atomic mass is 10.2. The minimum atomic E-state index is -0.402. The summed E-state index contributed by atoms with van der Waals surface area (Å²) in [4.78, 5) is 28.9. The van der Waals surface area contributed by atoms with Crippen LogP contribution >= 0.6 is 34.5 Å². The topological polar surface area (TPSA) is 68.3 Å². The molecule has 1 amide bonds. The molecule has 0 spiro atoms. The van der Waals surface area contributed by atoms with Crippen LogP contribution in [0.3, 0.4) is 0 Å². The summed E-state index contributed by atoms with van der Waals surface area (Å²) in [5, 5.41) is 3.62. The Kier molecular flexibility index (Phi) is 6.31. The molecule has 0 unspecified atom stereocenters. The highest BCUT2D eigenvalue weighted by molar-refractivity contribution is 7.22. The number of fused-ring (bicyclic) bond motifs is 1. The summed E-state index contributed by atoms with van der Waals surface area (Å²) in [6, 6.07) is 9.95. The number of nitrogens with zero attached hydrogens (tertiary/aromatic N) is 1. The summed E-state index contributed by atoms with van der Waals surface area (Å²) >= 11 is 13.3. The normalized spacial score (nSPS) is 10.8. The van der Waals surface area contributed by atoms with Crippen LogP contribution in [0.1, 0.15) is 40.5 Å². The van der Waals surface area contributed by atoms with Gasteiger partial charge in [0.25, 0.3) is 5.91 Å². The molecule has 3 aromatic rings. The Balaban J connectivity index is 1.77. The molecule has 5 nitrogen and oxygen atoms in total. The molecule has 0 bridgehead atoms. The number of aromatic nitrogens is 1. The number of nitrogens with one attached hydrogen (secondary N) is 1. The standard InChI is InChI=1S/C19H16Cl2N2O3S/c1-2-3-9-26-18(25)11-7-8-14-15(10-11)27-19(22-14)23-17(24)12-5-4-6-13(20)16(12)21/h4-8,10H,2-3,9H2,1H3,(H,22,23,24). The number of rotatable bonds is 6. The van der Waals surface area contributed by atoms with Crippen LogP contribution in [0.2, 0.25) is 10.0 Å². The molecule has 1 N–H and O–H groups in total. The van der Waals surface area contributed by atoms with Gasteiger partial charge in [0.15, 0.2) is 5.13 Å². The van der Waals surface area contributed by atoms with E-state index in [1.54, 1.807) is 36.4 Å². The molecular weight excluding hydrogens is 407 g/mol. The highest BCUT2D eigenvalue weighted by atomic mass is 35.5. The number of halogens is 2. The first kappa shape index (κ1) is 19.6. The van der Waals surface area contributed by atoms with Crippen molar-refractivity contribution < 1.29 is 14.3 Å². The number of hydrogen-bond acceptors (Lipinski definition) is 5. The third kappa shape index (κ3) is 4.58. The number of thiazole rings is 1. The SMILES string of the molecule is CCCCOC(=O)c1ccc2nc(NC(=O)c3cccc(Cl)c3Cl)sc2c1. The van der Waals surface area contributed by atoms with Crippen molar-refractivity contribution in [2.75, 3.05) is 11.9 Å². The largest absolute Gasteiger partial charge is 0.462 e. The van der Waals surface area contributed by atoms with E-state index in [1.807, 2.05) is 6.92 Å². The third-order valence-electron chi connectivity index (χ3n) is 3.77. The van der Waals surface area contributed by atoms with E-state index in [9.17, 15) is 9.59 Å². The Morgan fingerprint density at radius 2 is 2.04 bits per heavy atom. The lowest BCUT2D eigenvalue weighted by Gasteiger charge is -2.04. The van der Waals surface area contributed by atoms with Crippen LogP contribution in [0.5, 0.6) is 0 Å². The van der Waals surface area contributed by atoms with Gasteiger partial charge in [-0.15, -0.1) is 0 Å². The summed E-state index contributed by atoms with van der Waals surface area (Å²) in [6.07, 6.45) is 1.79. The fourth-order valence-corrected chi connectivity index (χ4v) is 3.63. The van der Waals surface area contributed by atoms with Crippen molar-refractivity contribution in [3.8, 4) is 0 Å². The summed E-state index contributed by atoms with van der Waals surface area (Å²) < 4.78 is 5.99. The Morgan fingerprint density at radius 3 is 2.81 bits per heavy atom. The average Bonchev–Trinajstić information content (AvgIpc) is 3.05. The number of amides is 1. The minimum absolute atomic E-state index is 0.190. The molecule has 2 aromatic carbocycles. The van der Waals surface area contributed by atoms with Crippen molar-refractivity contribution in [1.29, 1.82) is 0 Å². The Hall–Kier alpha value is -2.15. The first-order valence-electron chi connectivity index (χ1n) is 8.32. The smallest absolute Gasteiger partial charge is 0.338 e. The van der Waals surface area contributed by atoms with Gasteiger partial charge in [0, 0.05) is 0 Å². The Labute approximate surface area is 170 Å². The molecule has 0 fully saturated rings. The summed E-state index contributed by atoms with van der Waals surface area (Å²) in [5.74, 6) is -0.768. The van der Waals surface area contributed by atoms with Gasteiger partial charge in [0.1, 0.15) is 0 Å². The number of esters is 1. The van der Waals surface area contributed by atoms with Crippen LogP contribution in [0.4, 0.5) is 5.13 Å². The predicted octanol–water partition coefficient (Wildman–Crippen LogP) is 5.81. The van der Waals surface area contributed by atoms with Crippen LogP contribution in [0.15, 0.2) is 36.4 Å². The summed E-state index contributed by atoms with van der Waals surface area (Å²) in [6.45, 7) is 2.43. The van der Waals surface area contributed by atoms with E-state index in [-0.39, 0.29) is 16.6 Å². The molecule has 0 aliphatic heterocycles. The van der Waals surface area contributed by atoms with Gasteiger partial charge in [0.05, 0.1) is 38.0 Å². The highest BCUT2D eigenvalue weighted by Gasteiger charge is 2.16.